The van der Waals surface area contributed by atoms with E-state index in [0.717, 1.165) is 30.8 Å². The Morgan fingerprint density at radius 1 is 1.38 bits per heavy atom. The highest BCUT2D eigenvalue weighted by atomic mass is 16.2. The Balaban J connectivity index is 1.80. The van der Waals surface area contributed by atoms with E-state index in [9.17, 15) is 4.79 Å². The summed E-state index contributed by atoms with van der Waals surface area (Å²) in [4.78, 5) is 19.0. The van der Waals surface area contributed by atoms with E-state index < -0.39 is 0 Å². The zero-order chi connectivity index (χ0) is 17.3. The lowest BCUT2D eigenvalue weighted by atomic mass is 10.1. The zero-order valence-electron chi connectivity index (χ0n) is 14.3. The van der Waals surface area contributed by atoms with Crippen LogP contribution in [0.3, 0.4) is 0 Å². The first-order valence-corrected chi connectivity index (χ1v) is 8.19. The molecule has 2 aromatic heterocycles. The third-order valence-corrected chi connectivity index (χ3v) is 4.55. The largest absolute Gasteiger partial charge is 0.332 e. The molecule has 0 unspecified atom stereocenters. The fourth-order valence-electron chi connectivity index (χ4n) is 3.30. The molecule has 1 fully saturated rings. The monoisotopic (exact) mass is 323 g/mol. The number of nitriles is 1. The molecule has 1 aliphatic heterocycles. The van der Waals surface area contributed by atoms with Gasteiger partial charge in [0.05, 0.1) is 29.5 Å². The summed E-state index contributed by atoms with van der Waals surface area (Å²) >= 11 is 0. The average molecular weight is 323 g/mol. The maximum absolute atomic E-state index is 12.8. The smallest absolute Gasteiger partial charge is 0.272 e. The number of aryl methyl sites for hydroxylation is 3. The fourth-order valence-corrected chi connectivity index (χ4v) is 3.30. The Labute approximate surface area is 141 Å². The lowest BCUT2D eigenvalue weighted by Gasteiger charge is -2.25. The number of likely N-dealkylation sites (tertiary alicyclic amines) is 1. The highest BCUT2D eigenvalue weighted by molar-refractivity contribution is 5.92. The summed E-state index contributed by atoms with van der Waals surface area (Å²) in [5.74, 6) is -0.0633. The first-order chi connectivity index (χ1) is 11.5. The van der Waals surface area contributed by atoms with Gasteiger partial charge in [0.2, 0.25) is 0 Å². The van der Waals surface area contributed by atoms with Crippen molar-refractivity contribution in [2.24, 2.45) is 0 Å². The van der Waals surface area contributed by atoms with Crippen molar-refractivity contribution in [3.63, 3.8) is 0 Å². The van der Waals surface area contributed by atoms with Crippen molar-refractivity contribution in [2.45, 2.75) is 46.2 Å². The summed E-state index contributed by atoms with van der Waals surface area (Å²) < 4.78 is 1.98. The van der Waals surface area contributed by atoms with Gasteiger partial charge >= 0.3 is 0 Å². The van der Waals surface area contributed by atoms with Crippen LogP contribution in [-0.4, -0.2) is 38.2 Å². The van der Waals surface area contributed by atoms with Crippen LogP contribution in [0.4, 0.5) is 0 Å². The summed E-state index contributed by atoms with van der Waals surface area (Å²) in [7, 11) is 0. The van der Waals surface area contributed by atoms with Crippen LogP contribution in [-0.2, 0) is 6.54 Å². The molecule has 3 heterocycles. The number of amides is 1. The normalized spacial score (nSPS) is 17.1. The number of aromatic nitrogens is 3. The van der Waals surface area contributed by atoms with Gasteiger partial charge in [0.15, 0.2) is 0 Å². The molecule has 1 saturated heterocycles. The van der Waals surface area contributed by atoms with Crippen LogP contribution < -0.4 is 0 Å². The van der Waals surface area contributed by atoms with E-state index in [1.54, 1.807) is 19.1 Å². The molecule has 0 aromatic carbocycles. The average Bonchev–Trinajstić information content (AvgIpc) is 3.13. The number of pyridine rings is 1. The van der Waals surface area contributed by atoms with Crippen molar-refractivity contribution >= 4 is 5.91 Å². The van der Waals surface area contributed by atoms with E-state index in [1.165, 1.54) is 0 Å². The van der Waals surface area contributed by atoms with Gasteiger partial charge in [-0.05, 0) is 51.8 Å². The third kappa shape index (κ3) is 3.02. The van der Waals surface area contributed by atoms with Gasteiger partial charge in [0.25, 0.3) is 5.91 Å². The number of nitrogens with zero attached hydrogens (tertiary/aromatic N) is 5. The van der Waals surface area contributed by atoms with Crippen LogP contribution in [0.1, 0.15) is 46.0 Å². The lowest BCUT2D eigenvalue weighted by Crippen LogP contribution is -2.39. The molecular formula is C18H21N5O. The molecule has 1 atom stereocenters. The van der Waals surface area contributed by atoms with Gasteiger partial charge in [0.1, 0.15) is 11.8 Å². The molecule has 124 valence electrons. The fraction of sp³-hybridized carbons (Fsp3) is 0.444. The second-order valence-electron chi connectivity index (χ2n) is 6.35. The Bertz CT molecular complexity index is 817. The summed E-state index contributed by atoms with van der Waals surface area (Å²) in [6.45, 7) is 7.22. The molecule has 0 spiro atoms. The maximum Gasteiger partial charge on any atom is 0.272 e. The van der Waals surface area contributed by atoms with Gasteiger partial charge in [-0.3, -0.25) is 9.48 Å². The minimum Gasteiger partial charge on any atom is -0.332 e. The second-order valence-corrected chi connectivity index (χ2v) is 6.35. The summed E-state index contributed by atoms with van der Waals surface area (Å²) in [5, 5.41) is 13.5. The number of carbonyl (C=O) groups excluding carboxylic acids is 1. The number of hydrogen-bond donors (Lipinski definition) is 0. The Kier molecular flexibility index (Phi) is 4.34. The molecule has 1 amide bonds. The first-order valence-electron chi connectivity index (χ1n) is 8.19. The summed E-state index contributed by atoms with van der Waals surface area (Å²) in [6, 6.07) is 7.58. The summed E-state index contributed by atoms with van der Waals surface area (Å²) in [5.41, 5.74) is 3.61. The van der Waals surface area contributed by atoms with Crippen molar-refractivity contribution < 1.29 is 4.79 Å². The SMILES string of the molecule is Cc1cc(C)n(C[C@H]2CCCN2C(=O)c2ccc(C#N)c(C)n2)n1. The summed E-state index contributed by atoms with van der Waals surface area (Å²) in [6.07, 6.45) is 1.96. The Morgan fingerprint density at radius 3 is 2.79 bits per heavy atom. The van der Waals surface area contributed by atoms with E-state index in [4.69, 9.17) is 5.26 Å². The van der Waals surface area contributed by atoms with Crippen molar-refractivity contribution in [1.29, 1.82) is 5.26 Å². The molecule has 6 heteroatoms. The van der Waals surface area contributed by atoms with Crippen LogP contribution in [0.25, 0.3) is 0 Å². The standard InChI is InChI=1S/C18H21N5O/c1-12-9-13(2)23(21-12)11-16-5-4-8-22(16)18(24)17-7-6-15(10-19)14(3)20-17/h6-7,9,16H,4-5,8,11H2,1-3H3/t16-/m1/s1. The van der Waals surface area contributed by atoms with Gasteiger partial charge in [-0.2, -0.15) is 10.4 Å². The predicted octanol–water partition coefficient (Wildman–Crippen LogP) is 2.38. The quantitative estimate of drug-likeness (QED) is 0.869. The van der Waals surface area contributed by atoms with Crippen LogP contribution in [0.15, 0.2) is 18.2 Å². The molecule has 1 aliphatic rings. The maximum atomic E-state index is 12.8. The van der Waals surface area contributed by atoms with Crippen LogP contribution in [0.5, 0.6) is 0 Å². The Morgan fingerprint density at radius 2 is 2.17 bits per heavy atom. The van der Waals surface area contributed by atoms with Gasteiger partial charge in [-0.15, -0.1) is 0 Å². The topological polar surface area (TPSA) is 74.8 Å². The zero-order valence-corrected chi connectivity index (χ0v) is 14.3. The van der Waals surface area contributed by atoms with E-state index in [2.05, 4.69) is 16.2 Å². The molecule has 0 N–H and O–H groups in total. The highest BCUT2D eigenvalue weighted by Crippen LogP contribution is 2.22. The minimum atomic E-state index is -0.0633. The molecule has 0 radical (unpaired) electrons. The third-order valence-electron chi connectivity index (χ3n) is 4.55. The molecule has 2 aromatic rings. The van der Waals surface area contributed by atoms with Crippen LogP contribution in [0.2, 0.25) is 0 Å². The van der Waals surface area contributed by atoms with E-state index in [1.807, 2.05) is 29.5 Å². The van der Waals surface area contributed by atoms with Crippen molar-refractivity contribution in [3.8, 4) is 6.07 Å². The van der Waals surface area contributed by atoms with E-state index >= 15 is 0 Å². The predicted molar refractivity (Wildman–Crippen MR) is 89.4 cm³/mol. The molecule has 0 bridgehead atoms. The first kappa shape index (κ1) is 16.2. The number of carbonyl (C=O) groups is 1. The Hall–Kier alpha value is -2.68. The van der Waals surface area contributed by atoms with Gasteiger partial charge in [-0.1, -0.05) is 0 Å². The van der Waals surface area contributed by atoms with Gasteiger partial charge in [0, 0.05) is 12.2 Å². The van der Waals surface area contributed by atoms with E-state index in [-0.39, 0.29) is 11.9 Å². The van der Waals surface area contributed by atoms with Crippen LogP contribution >= 0.6 is 0 Å². The molecular weight excluding hydrogens is 302 g/mol. The van der Waals surface area contributed by atoms with Crippen LogP contribution in [0, 0.1) is 32.1 Å². The number of rotatable bonds is 3. The molecule has 0 saturated carbocycles. The molecule has 6 nitrogen and oxygen atoms in total. The van der Waals surface area contributed by atoms with E-state index in [0.29, 0.717) is 23.5 Å². The molecule has 24 heavy (non-hydrogen) atoms. The van der Waals surface area contributed by atoms with Crippen molar-refractivity contribution in [1.82, 2.24) is 19.7 Å². The second kappa shape index (κ2) is 6.44. The van der Waals surface area contributed by atoms with Gasteiger partial charge in [-0.25, -0.2) is 4.98 Å². The molecule has 0 aliphatic carbocycles. The van der Waals surface area contributed by atoms with Crippen molar-refractivity contribution in [3.05, 3.63) is 46.5 Å². The lowest BCUT2D eigenvalue weighted by molar-refractivity contribution is 0.0715. The highest BCUT2D eigenvalue weighted by Gasteiger charge is 2.31. The molecule has 3 rings (SSSR count). The van der Waals surface area contributed by atoms with Gasteiger partial charge < -0.3 is 4.90 Å². The van der Waals surface area contributed by atoms with Crippen molar-refractivity contribution in [2.75, 3.05) is 6.54 Å². The number of hydrogen-bond acceptors (Lipinski definition) is 4. The minimum absolute atomic E-state index is 0.0633.